The fraction of sp³-hybridized carbons (Fsp3) is 0.263. The number of benzene rings is 1. The Morgan fingerprint density at radius 1 is 1.25 bits per heavy atom. The van der Waals surface area contributed by atoms with Crippen molar-refractivity contribution in [3.05, 3.63) is 59.6 Å². The Hall–Kier alpha value is -1.59. The molecule has 0 saturated carbocycles. The summed E-state index contributed by atoms with van der Waals surface area (Å²) in [6.07, 6.45) is 2.63. The summed E-state index contributed by atoms with van der Waals surface area (Å²) in [5, 5.41) is 8.51. The molecule has 3 aromatic rings. The summed E-state index contributed by atoms with van der Waals surface area (Å²) in [7, 11) is 1.74. The van der Waals surface area contributed by atoms with Gasteiger partial charge in [0.25, 0.3) is 0 Å². The summed E-state index contributed by atoms with van der Waals surface area (Å²) in [5.74, 6) is 2.11. The van der Waals surface area contributed by atoms with E-state index < -0.39 is 0 Å². The molecule has 0 aliphatic carbocycles. The van der Waals surface area contributed by atoms with Crippen molar-refractivity contribution in [2.75, 3.05) is 19.3 Å². The normalized spacial score (nSPS) is 11.1. The smallest absolute Gasteiger partial charge is 0.236 e. The lowest BCUT2D eigenvalue weighted by atomic mass is 10.4. The summed E-state index contributed by atoms with van der Waals surface area (Å²) in [6.45, 7) is 1.34. The summed E-state index contributed by atoms with van der Waals surface area (Å²) in [4.78, 5) is 10.8. The molecule has 2 N–H and O–H groups in total. The number of nitrogens with zero attached hydrogens (tertiary/aromatic N) is 2. The maximum Gasteiger partial charge on any atom is 0.236 e. The highest BCUT2D eigenvalue weighted by molar-refractivity contribution is 14.0. The number of aliphatic imine (C=N–C) groups is 1. The summed E-state index contributed by atoms with van der Waals surface area (Å²) in [6, 6.07) is 10.5. The van der Waals surface area contributed by atoms with Crippen LogP contribution in [0.5, 0.6) is 0 Å². The van der Waals surface area contributed by atoms with E-state index >= 15 is 0 Å². The molecule has 28 heavy (non-hydrogen) atoms. The zero-order chi connectivity index (χ0) is 18.9. The van der Waals surface area contributed by atoms with Crippen LogP contribution in [0.15, 0.2) is 62.3 Å². The number of thioether (sulfide) groups is 1. The molecule has 0 aliphatic heterocycles. The van der Waals surface area contributed by atoms with Gasteiger partial charge in [-0.2, -0.15) is 0 Å². The topological polar surface area (TPSA) is 62.5 Å². The number of nitrogens with one attached hydrogen (secondary N) is 2. The molecule has 0 spiro atoms. The average molecular weight is 532 g/mol. The number of rotatable bonds is 8. The quantitative estimate of drug-likeness (QED) is 0.141. The lowest BCUT2D eigenvalue weighted by molar-refractivity contribution is 0.573. The van der Waals surface area contributed by atoms with Gasteiger partial charge in [-0.3, -0.25) is 4.99 Å². The Labute approximate surface area is 189 Å². The van der Waals surface area contributed by atoms with Crippen LogP contribution in [0.2, 0.25) is 0 Å². The monoisotopic (exact) mass is 532 g/mol. The van der Waals surface area contributed by atoms with Crippen LogP contribution in [-0.4, -0.2) is 30.3 Å². The lowest BCUT2D eigenvalue weighted by Crippen LogP contribution is -2.37. The van der Waals surface area contributed by atoms with Crippen molar-refractivity contribution in [1.29, 1.82) is 0 Å². The van der Waals surface area contributed by atoms with Crippen molar-refractivity contribution in [2.24, 2.45) is 4.99 Å². The van der Waals surface area contributed by atoms with Crippen molar-refractivity contribution in [2.45, 2.75) is 17.9 Å². The molecule has 0 unspecified atom stereocenters. The van der Waals surface area contributed by atoms with E-state index in [1.54, 1.807) is 48.5 Å². The lowest BCUT2D eigenvalue weighted by Gasteiger charge is -2.10. The van der Waals surface area contributed by atoms with E-state index in [9.17, 15) is 4.39 Å². The van der Waals surface area contributed by atoms with Crippen LogP contribution in [0, 0.1) is 5.82 Å². The molecule has 0 fully saturated rings. The van der Waals surface area contributed by atoms with E-state index in [2.05, 4.69) is 20.6 Å². The second-order valence-corrected chi connectivity index (χ2v) is 7.75. The van der Waals surface area contributed by atoms with E-state index in [0.29, 0.717) is 12.4 Å². The van der Waals surface area contributed by atoms with Crippen molar-refractivity contribution in [3.8, 4) is 10.8 Å². The van der Waals surface area contributed by atoms with Gasteiger partial charge in [0.15, 0.2) is 5.96 Å². The van der Waals surface area contributed by atoms with Gasteiger partial charge in [-0.25, -0.2) is 9.37 Å². The SMILES string of the molecule is CN=C(NCCCSc1ccc(F)cc1)NCc1coc(-c2cccs2)n1.I. The molecule has 1 aromatic carbocycles. The van der Waals surface area contributed by atoms with E-state index in [1.165, 1.54) is 12.1 Å². The third-order valence-electron chi connectivity index (χ3n) is 3.64. The van der Waals surface area contributed by atoms with Gasteiger partial charge in [-0.15, -0.1) is 47.1 Å². The minimum atomic E-state index is -0.203. The first-order valence-corrected chi connectivity index (χ1v) is 10.4. The van der Waals surface area contributed by atoms with Crippen LogP contribution in [0.3, 0.4) is 0 Å². The van der Waals surface area contributed by atoms with E-state index in [1.807, 2.05) is 17.5 Å². The molecule has 2 aromatic heterocycles. The molecule has 2 heterocycles. The minimum Gasteiger partial charge on any atom is -0.443 e. The first-order chi connectivity index (χ1) is 13.2. The Kier molecular flexibility index (Phi) is 9.79. The average Bonchev–Trinajstić information content (AvgIpc) is 3.37. The molecule has 0 aliphatic rings. The predicted molar refractivity (Wildman–Crippen MR) is 125 cm³/mol. The number of hydrogen-bond donors (Lipinski definition) is 2. The van der Waals surface area contributed by atoms with Crippen LogP contribution in [-0.2, 0) is 6.54 Å². The third kappa shape index (κ3) is 7.10. The number of hydrogen-bond acceptors (Lipinski definition) is 5. The molecule has 5 nitrogen and oxygen atoms in total. The van der Waals surface area contributed by atoms with Crippen molar-refractivity contribution >= 4 is 53.0 Å². The van der Waals surface area contributed by atoms with Crippen LogP contribution in [0.1, 0.15) is 12.1 Å². The molecule has 0 atom stereocenters. The second-order valence-electron chi connectivity index (χ2n) is 5.63. The molecule has 0 radical (unpaired) electrons. The van der Waals surface area contributed by atoms with Crippen LogP contribution in [0.25, 0.3) is 10.8 Å². The molecule has 150 valence electrons. The largest absolute Gasteiger partial charge is 0.443 e. The number of thiophene rings is 1. The summed E-state index contributed by atoms with van der Waals surface area (Å²) >= 11 is 3.31. The first-order valence-electron chi connectivity index (χ1n) is 8.56. The highest BCUT2D eigenvalue weighted by atomic mass is 127. The zero-order valence-corrected chi connectivity index (χ0v) is 19.3. The maximum absolute atomic E-state index is 12.9. The summed E-state index contributed by atoms with van der Waals surface area (Å²) in [5.41, 5.74) is 0.827. The standard InChI is InChI=1S/C19H21FN4OS2.HI/c1-21-19(22-9-3-11-26-16-7-5-14(20)6-8-16)23-12-15-13-25-18(24-15)17-4-2-10-27-17;/h2,4-8,10,13H,3,9,11-12H2,1H3,(H2,21,22,23);1H. The van der Waals surface area contributed by atoms with Gasteiger partial charge in [0.05, 0.1) is 17.1 Å². The van der Waals surface area contributed by atoms with Gasteiger partial charge in [0.2, 0.25) is 5.89 Å². The molecule has 3 rings (SSSR count). The molecular formula is C19H22FIN4OS2. The Balaban J connectivity index is 0.00000280. The van der Waals surface area contributed by atoms with Crippen molar-refractivity contribution in [3.63, 3.8) is 0 Å². The molecule has 9 heteroatoms. The molecular weight excluding hydrogens is 510 g/mol. The van der Waals surface area contributed by atoms with Crippen LogP contribution in [0.4, 0.5) is 4.39 Å². The first kappa shape index (κ1) is 22.7. The second kappa shape index (κ2) is 12.1. The highest BCUT2D eigenvalue weighted by Crippen LogP contribution is 2.23. The van der Waals surface area contributed by atoms with E-state index in [4.69, 9.17) is 4.42 Å². The molecule has 0 saturated heterocycles. The zero-order valence-electron chi connectivity index (χ0n) is 15.4. The minimum absolute atomic E-state index is 0. The van der Waals surface area contributed by atoms with E-state index in [0.717, 1.165) is 40.1 Å². The van der Waals surface area contributed by atoms with E-state index in [-0.39, 0.29) is 29.8 Å². The van der Waals surface area contributed by atoms with Gasteiger partial charge >= 0.3 is 0 Å². The fourth-order valence-electron chi connectivity index (χ4n) is 2.30. The number of aromatic nitrogens is 1. The Bertz CT molecular complexity index is 853. The predicted octanol–water partition coefficient (Wildman–Crippen LogP) is 5.01. The summed E-state index contributed by atoms with van der Waals surface area (Å²) < 4.78 is 18.4. The maximum atomic E-state index is 12.9. The number of guanidine groups is 1. The van der Waals surface area contributed by atoms with Gasteiger partial charge in [0.1, 0.15) is 12.1 Å². The fourth-order valence-corrected chi connectivity index (χ4v) is 3.80. The van der Waals surface area contributed by atoms with Gasteiger partial charge in [0, 0.05) is 18.5 Å². The van der Waals surface area contributed by atoms with Crippen molar-refractivity contribution < 1.29 is 8.81 Å². The molecule has 0 bridgehead atoms. The van der Waals surface area contributed by atoms with Crippen LogP contribution < -0.4 is 10.6 Å². The van der Waals surface area contributed by atoms with Gasteiger partial charge < -0.3 is 15.1 Å². The Morgan fingerprint density at radius 2 is 2.07 bits per heavy atom. The van der Waals surface area contributed by atoms with Crippen LogP contribution >= 0.6 is 47.1 Å². The Morgan fingerprint density at radius 3 is 2.79 bits per heavy atom. The number of oxazole rings is 1. The third-order valence-corrected chi connectivity index (χ3v) is 5.60. The van der Waals surface area contributed by atoms with Gasteiger partial charge in [-0.05, 0) is 47.9 Å². The highest BCUT2D eigenvalue weighted by Gasteiger charge is 2.08. The molecule has 0 amide bonds. The van der Waals surface area contributed by atoms with Crippen molar-refractivity contribution in [1.82, 2.24) is 15.6 Å². The number of halogens is 2. The van der Waals surface area contributed by atoms with Gasteiger partial charge in [-0.1, -0.05) is 6.07 Å².